The van der Waals surface area contributed by atoms with Crippen LogP contribution in [0.25, 0.3) is 0 Å². The standard InChI is InChI=1S/C16H20N4O3/c17-8-4-9-19(11-13-5-2-1-3-6-13)15(22)12-20-10-7-14(21)18-16(20)23/h1-3,5-7,10H,4,8-9,11-12,17H2,(H,18,21,23). The second-order valence-corrected chi connectivity index (χ2v) is 5.18. The number of carbonyl (C=O) groups is 1. The van der Waals surface area contributed by atoms with Gasteiger partial charge in [-0.3, -0.25) is 19.1 Å². The number of nitrogens with zero attached hydrogens (tertiary/aromatic N) is 2. The van der Waals surface area contributed by atoms with Gasteiger partial charge in [-0.15, -0.1) is 0 Å². The molecule has 1 amide bonds. The smallest absolute Gasteiger partial charge is 0.328 e. The second-order valence-electron chi connectivity index (χ2n) is 5.18. The quantitative estimate of drug-likeness (QED) is 0.745. The van der Waals surface area contributed by atoms with Crippen LogP contribution < -0.4 is 17.0 Å². The molecule has 0 bridgehead atoms. The van der Waals surface area contributed by atoms with Gasteiger partial charge in [-0.05, 0) is 18.5 Å². The van der Waals surface area contributed by atoms with Gasteiger partial charge < -0.3 is 10.6 Å². The molecule has 1 aromatic carbocycles. The minimum absolute atomic E-state index is 0.118. The summed E-state index contributed by atoms with van der Waals surface area (Å²) in [5, 5.41) is 0. The summed E-state index contributed by atoms with van der Waals surface area (Å²) in [6, 6.07) is 10.8. The first-order valence-corrected chi connectivity index (χ1v) is 7.41. The van der Waals surface area contributed by atoms with Crippen molar-refractivity contribution in [1.29, 1.82) is 0 Å². The van der Waals surface area contributed by atoms with Crippen LogP contribution in [0.2, 0.25) is 0 Å². The number of nitrogens with one attached hydrogen (secondary N) is 1. The van der Waals surface area contributed by atoms with Crippen molar-refractivity contribution < 1.29 is 4.79 Å². The Morgan fingerprint density at radius 2 is 1.91 bits per heavy atom. The number of aromatic nitrogens is 2. The van der Waals surface area contributed by atoms with E-state index in [1.54, 1.807) is 4.90 Å². The minimum atomic E-state index is -0.593. The van der Waals surface area contributed by atoms with E-state index >= 15 is 0 Å². The molecule has 1 aromatic heterocycles. The molecule has 3 N–H and O–H groups in total. The molecule has 23 heavy (non-hydrogen) atoms. The summed E-state index contributed by atoms with van der Waals surface area (Å²) in [5.41, 5.74) is 5.46. The van der Waals surface area contributed by atoms with Crippen molar-refractivity contribution in [2.24, 2.45) is 5.73 Å². The Morgan fingerprint density at radius 3 is 2.57 bits per heavy atom. The van der Waals surface area contributed by atoms with Crippen LogP contribution in [0.3, 0.4) is 0 Å². The predicted octanol–water partition coefficient (Wildman–Crippen LogP) is -0.0858. The van der Waals surface area contributed by atoms with E-state index in [-0.39, 0.29) is 12.5 Å². The SMILES string of the molecule is NCCCN(Cc1ccccc1)C(=O)Cn1ccc(=O)[nH]c1=O. The van der Waals surface area contributed by atoms with Crippen molar-refractivity contribution in [2.75, 3.05) is 13.1 Å². The van der Waals surface area contributed by atoms with Crippen LogP contribution in [0, 0.1) is 0 Å². The number of hydrogen-bond donors (Lipinski definition) is 2. The number of aromatic amines is 1. The van der Waals surface area contributed by atoms with Gasteiger partial charge >= 0.3 is 5.69 Å². The van der Waals surface area contributed by atoms with E-state index in [0.717, 1.165) is 5.56 Å². The Hall–Kier alpha value is -2.67. The fourth-order valence-corrected chi connectivity index (χ4v) is 2.19. The van der Waals surface area contributed by atoms with E-state index in [1.807, 2.05) is 30.3 Å². The summed E-state index contributed by atoms with van der Waals surface area (Å²) < 4.78 is 1.18. The second kappa shape index (κ2) is 8.09. The molecule has 0 aliphatic heterocycles. The molecule has 2 aromatic rings. The maximum absolute atomic E-state index is 12.5. The van der Waals surface area contributed by atoms with Gasteiger partial charge in [-0.1, -0.05) is 30.3 Å². The molecule has 0 aliphatic rings. The maximum Gasteiger partial charge on any atom is 0.328 e. The fourth-order valence-electron chi connectivity index (χ4n) is 2.19. The topological polar surface area (TPSA) is 101 Å². The molecule has 0 aliphatic carbocycles. The van der Waals surface area contributed by atoms with Crippen LogP contribution in [0.5, 0.6) is 0 Å². The van der Waals surface area contributed by atoms with Gasteiger partial charge in [0.2, 0.25) is 5.91 Å². The van der Waals surface area contributed by atoms with E-state index in [4.69, 9.17) is 5.73 Å². The average molecular weight is 316 g/mol. The van der Waals surface area contributed by atoms with Crippen LogP contribution in [0.1, 0.15) is 12.0 Å². The molecule has 1 heterocycles. The zero-order valence-electron chi connectivity index (χ0n) is 12.8. The largest absolute Gasteiger partial charge is 0.337 e. The number of amides is 1. The third-order valence-electron chi connectivity index (χ3n) is 3.40. The van der Waals surface area contributed by atoms with Crippen LogP contribution in [0.15, 0.2) is 52.2 Å². The summed E-state index contributed by atoms with van der Waals surface area (Å²) >= 11 is 0. The normalized spacial score (nSPS) is 10.5. The number of rotatable bonds is 7. The van der Waals surface area contributed by atoms with E-state index in [0.29, 0.717) is 26.1 Å². The zero-order valence-corrected chi connectivity index (χ0v) is 12.8. The molecule has 0 fully saturated rings. The van der Waals surface area contributed by atoms with Gasteiger partial charge in [-0.2, -0.15) is 0 Å². The minimum Gasteiger partial charge on any atom is -0.337 e. The summed E-state index contributed by atoms with van der Waals surface area (Å²) in [6.45, 7) is 1.34. The lowest BCUT2D eigenvalue weighted by molar-refractivity contribution is -0.132. The van der Waals surface area contributed by atoms with E-state index in [9.17, 15) is 14.4 Å². The van der Waals surface area contributed by atoms with Gasteiger partial charge in [0.05, 0.1) is 0 Å². The van der Waals surface area contributed by atoms with E-state index in [2.05, 4.69) is 4.98 Å². The molecule has 0 spiro atoms. The summed E-state index contributed by atoms with van der Waals surface area (Å²) in [4.78, 5) is 39.1. The molecule has 0 saturated heterocycles. The van der Waals surface area contributed by atoms with Gasteiger partial charge in [0.25, 0.3) is 5.56 Å². The lowest BCUT2D eigenvalue weighted by atomic mass is 10.2. The van der Waals surface area contributed by atoms with Gasteiger partial charge in [0.15, 0.2) is 0 Å². The first kappa shape index (κ1) is 16.7. The number of carbonyl (C=O) groups excluding carboxylic acids is 1. The number of benzene rings is 1. The number of H-pyrrole nitrogens is 1. The monoisotopic (exact) mass is 316 g/mol. The van der Waals surface area contributed by atoms with Crippen molar-refractivity contribution in [3.8, 4) is 0 Å². The number of nitrogens with two attached hydrogens (primary N) is 1. The van der Waals surface area contributed by atoms with Crippen molar-refractivity contribution in [2.45, 2.75) is 19.5 Å². The number of hydrogen-bond acceptors (Lipinski definition) is 4. The van der Waals surface area contributed by atoms with Crippen LogP contribution >= 0.6 is 0 Å². The lowest BCUT2D eigenvalue weighted by Gasteiger charge is -2.23. The Bertz CT molecular complexity index is 752. The Labute approximate surface area is 133 Å². The van der Waals surface area contributed by atoms with E-state index in [1.165, 1.54) is 16.8 Å². The van der Waals surface area contributed by atoms with Crippen molar-refractivity contribution in [3.63, 3.8) is 0 Å². The van der Waals surface area contributed by atoms with Gasteiger partial charge in [0, 0.05) is 25.4 Å². The summed E-state index contributed by atoms with van der Waals surface area (Å²) in [6.07, 6.45) is 2.00. The third kappa shape index (κ3) is 4.93. The van der Waals surface area contributed by atoms with Crippen molar-refractivity contribution in [1.82, 2.24) is 14.5 Å². The Balaban J connectivity index is 2.12. The highest BCUT2D eigenvalue weighted by Crippen LogP contribution is 2.06. The summed E-state index contributed by atoms with van der Waals surface area (Å²) in [5.74, 6) is -0.198. The first-order chi connectivity index (χ1) is 11.1. The van der Waals surface area contributed by atoms with Crippen LogP contribution in [-0.4, -0.2) is 33.4 Å². The highest BCUT2D eigenvalue weighted by molar-refractivity contribution is 5.76. The van der Waals surface area contributed by atoms with Crippen molar-refractivity contribution in [3.05, 3.63) is 69.0 Å². The predicted molar refractivity (Wildman–Crippen MR) is 86.9 cm³/mol. The molecular weight excluding hydrogens is 296 g/mol. The Morgan fingerprint density at radius 1 is 1.17 bits per heavy atom. The molecule has 122 valence electrons. The molecular formula is C16H20N4O3. The molecule has 0 unspecified atom stereocenters. The molecule has 7 heteroatoms. The van der Waals surface area contributed by atoms with E-state index < -0.39 is 11.2 Å². The van der Waals surface area contributed by atoms with Crippen molar-refractivity contribution >= 4 is 5.91 Å². The van der Waals surface area contributed by atoms with Crippen LogP contribution in [-0.2, 0) is 17.9 Å². The third-order valence-corrected chi connectivity index (χ3v) is 3.40. The molecule has 7 nitrogen and oxygen atoms in total. The molecule has 2 rings (SSSR count). The van der Waals surface area contributed by atoms with Gasteiger partial charge in [-0.25, -0.2) is 4.79 Å². The highest BCUT2D eigenvalue weighted by atomic mass is 16.2. The van der Waals surface area contributed by atoms with Crippen LogP contribution in [0.4, 0.5) is 0 Å². The summed E-state index contributed by atoms with van der Waals surface area (Å²) in [7, 11) is 0. The zero-order chi connectivity index (χ0) is 16.7. The van der Waals surface area contributed by atoms with Gasteiger partial charge in [0.1, 0.15) is 6.54 Å². The maximum atomic E-state index is 12.5. The first-order valence-electron chi connectivity index (χ1n) is 7.41. The highest BCUT2D eigenvalue weighted by Gasteiger charge is 2.15. The lowest BCUT2D eigenvalue weighted by Crippen LogP contribution is -2.38. The average Bonchev–Trinajstić information content (AvgIpc) is 2.55. The molecule has 0 saturated carbocycles. The fraction of sp³-hybridized carbons (Fsp3) is 0.312. The molecule has 0 radical (unpaired) electrons. The molecule has 0 atom stereocenters. The Kier molecular flexibility index (Phi) is 5.87.